The quantitative estimate of drug-likeness (QED) is 0.814. The third-order valence-electron chi connectivity index (χ3n) is 2.48. The normalized spacial score (nSPS) is 9.74. The summed E-state index contributed by atoms with van der Waals surface area (Å²) in [6.07, 6.45) is 5.31. The molecule has 1 amide bonds. The van der Waals surface area contributed by atoms with Gasteiger partial charge in [0.1, 0.15) is 0 Å². The first-order chi connectivity index (χ1) is 9.11. The lowest BCUT2D eigenvalue weighted by Gasteiger charge is -2.08. The third kappa shape index (κ3) is 3.17. The molecule has 0 spiro atoms. The van der Waals surface area contributed by atoms with E-state index in [-0.39, 0.29) is 5.91 Å². The van der Waals surface area contributed by atoms with Crippen molar-refractivity contribution in [3.8, 4) is 12.3 Å². The first kappa shape index (κ1) is 13.7. The molecule has 0 unspecified atom stereocenters. The zero-order chi connectivity index (χ0) is 13.8. The maximum Gasteiger partial charge on any atom is 0.257 e. The van der Waals surface area contributed by atoms with Crippen LogP contribution in [0, 0.1) is 12.3 Å². The van der Waals surface area contributed by atoms with E-state index in [4.69, 9.17) is 18.0 Å². The van der Waals surface area contributed by atoms with E-state index < -0.39 is 0 Å². The number of terminal acetylenes is 1. The SMILES string of the molecule is C#Cc1cccc(NC(=O)c2cccc(Br)c2Cl)c1. The van der Waals surface area contributed by atoms with E-state index in [0.717, 1.165) is 0 Å². The third-order valence-corrected chi connectivity index (χ3v) is 3.78. The summed E-state index contributed by atoms with van der Waals surface area (Å²) in [6.45, 7) is 0. The molecule has 2 aromatic rings. The maximum atomic E-state index is 12.1. The number of anilines is 1. The highest BCUT2D eigenvalue weighted by atomic mass is 79.9. The summed E-state index contributed by atoms with van der Waals surface area (Å²) in [4.78, 5) is 12.1. The van der Waals surface area contributed by atoms with Crippen LogP contribution in [0.25, 0.3) is 0 Å². The predicted molar refractivity (Wildman–Crippen MR) is 81.5 cm³/mol. The Balaban J connectivity index is 2.26. The molecule has 0 aromatic heterocycles. The highest BCUT2D eigenvalue weighted by Gasteiger charge is 2.12. The van der Waals surface area contributed by atoms with Gasteiger partial charge in [0.25, 0.3) is 5.91 Å². The minimum atomic E-state index is -0.277. The molecule has 0 aliphatic heterocycles. The fraction of sp³-hybridized carbons (Fsp3) is 0. The second-order valence-electron chi connectivity index (χ2n) is 3.78. The van der Waals surface area contributed by atoms with Crippen LogP contribution < -0.4 is 5.32 Å². The van der Waals surface area contributed by atoms with E-state index >= 15 is 0 Å². The van der Waals surface area contributed by atoms with Crippen molar-refractivity contribution in [1.82, 2.24) is 0 Å². The summed E-state index contributed by atoms with van der Waals surface area (Å²) in [5.74, 6) is 2.24. The van der Waals surface area contributed by atoms with Crippen LogP contribution >= 0.6 is 27.5 Å². The number of carbonyl (C=O) groups is 1. The Kier molecular flexibility index (Phi) is 4.26. The molecule has 94 valence electrons. The smallest absolute Gasteiger partial charge is 0.257 e. The highest BCUT2D eigenvalue weighted by Crippen LogP contribution is 2.26. The molecular formula is C15H9BrClNO. The fourth-order valence-electron chi connectivity index (χ4n) is 1.56. The Morgan fingerprint density at radius 2 is 2.00 bits per heavy atom. The summed E-state index contributed by atoms with van der Waals surface area (Å²) in [5.41, 5.74) is 1.75. The second-order valence-corrected chi connectivity index (χ2v) is 5.01. The average Bonchev–Trinajstić information content (AvgIpc) is 2.42. The number of benzene rings is 2. The molecule has 0 atom stereocenters. The average molecular weight is 335 g/mol. The van der Waals surface area contributed by atoms with Crippen molar-refractivity contribution in [1.29, 1.82) is 0 Å². The summed E-state index contributed by atoms with van der Waals surface area (Å²) >= 11 is 9.36. The number of amides is 1. The molecule has 0 aliphatic carbocycles. The van der Waals surface area contributed by atoms with Crippen molar-refractivity contribution in [2.45, 2.75) is 0 Å². The molecule has 0 heterocycles. The van der Waals surface area contributed by atoms with E-state index in [1.807, 2.05) is 0 Å². The van der Waals surface area contributed by atoms with Crippen LogP contribution in [0.15, 0.2) is 46.9 Å². The van der Waals surface area contributed by atoms with E-state index in [1.165, 1.54) is 0 Å². The van der Waals surface area contributed by atoms with Crippen LogP contribution in [0.3, 0.4) is 0 Å². The Morgan fingerprint density at radius 3 is 2.74 bits per heavy atom. The van der Waals surface area contributed by atoms with E-state index in [2.05, 4.69) is 27.2 Å². The molecule has 1 N–H and O–H groups in total. The highest BCUT2D eigenvalue weighted by molar-refractivity contribution is 9.10. The molecule has 0 saturated heterocycles. The van der Waals surface area contributed by atoms with Crippen molar-refractivity contribution >= 4 is 39.1 Å². The van der Waals surface area contributed by atoms with Gasteiger partial charge in [-0.25, -0.2) is 0 Å². The van der Waals surface area contributed by atoms with Gasteiger partial charge in [0, 0.05) is 15.7 Å². The molecule has 0 radical (unpaired) electrons. The molecule has 0 aliphatic rings. The Bertz CT molecular complexity index is 676. The van der Waals surface area contributed by atoms with Gasteiger partial charge in [-0.3, -0.25) is 4.79 Å². The van der Waals surface area contributed by atoms with Crippen LogP contribution in [0.5, 0.6) is 0 Å². The minimum Gasteiger partial charge on any atom is -0.322 e. The van der Waals surface area contributed by atoms with Crippen molar-refractivity contribution in [3.05, 3.63) is 63.1 Å². The van der Waals surface area contributed by atoms with Crippen LogP contribution in [0.4, 0.5) is 5.69 Å². The number of nitrogens with one attached hydrogen (secondary N) is 1. The summed E-state index contributed by atoms with van der Waals surface area (Å²) in [7, 11) is 0. The van der Waals surface area contributed by atoms with Crippen molar-refractivity contribution in [2.75, 3.05) is 5.32 Å². The molecule has 19 heavy (non-hydrogen) atoms. The standard InChI is InChI=1S/C15H9BrClNO/c1-2-10-5-3-6-11(9-10)18-15(19)12-7-4-8-13(16)14(12)17/h1,3-9H,(H,18,19). The lowest BCUT2D eigenvalue weighted by Crippen LogP contribution is -2.12. The number of halogens is 2. The van der Waals surface area contributed by atoms with Crippen molar-refractivity contribution in [3.63, 3.8) is 0 Å². The molecule has 0 saturated carbocycles. The van der Waals surface area contributed by atoms with Gasteiger partial charge in [0.05, 0.1) is 10.6 Å². The second kappa shape index (κ2) is 5.92. The molecule has 2 rings (SSSR count). The largest absolute Gasteiger partial charge is 0.322 e. The van der Waals surface area contributed by atoms with E-state index in [1.54, 1.807) is 42.5 Å². The van der Waals surface area contributed by atoms with Crippen LogP contribution in [-0.2, 0) is 0 Å². The van der Waals surface area contributed by atoms with Gasteiger partial charge in [-0.05, 0) is 46.3 Å². The molecule has 0 bridgehead atoms. The molecule has 2 nitrogen and oxygen atoms in total. The van der Waals surface area contributed by atoms with Gasteiger partial charge in [-0.2, -0.15) is 0 Å². The van der Waals surface area contributed by atoms with Gasteiger partial charge in [0.15, 0.2) is 0 Å². The van der Waals surface area contributed by atoms with Gasteiger partial charge in [-0.1, -0.05) is 29.7 Å². The van der Waals surface area contributed by atoms with Gasteiger partial charge in [-0.15, -0.1) is 6.42 Å². The van der Waals surface area contributed by atoms with Gasteiger partial charge in [0.2, 0.25) is 0 Å². The Hall–Kier alpha value is -1.76. The number of hydrogen-bond acceptors (Lipinski definition) is 1. The van der Waals surface area contributed by atoms with Crippen molar-refractivity contribution in [2.24, 2.45) is 0 Å². The summed E-state index contributed by atoms with van der Waals surface area (Å²) in [6, 6.07) is 12.3. The van der Waals surface area contributed by atoms with Crippen LogP contribution in [0.1, 0.15) is 15.9 Å². The Morgan fingerprint density at radius 1 is 1.26 bits per heavy atom. The lowest BCUT2D eigenvalue weighted by atomic mass is 10.2. The van der Waals surface area contributed by atoms with Gasteiger partial charge >= 0.3 is 0 Å². The predicted octanol–water partition coefficient (Wildman–Crippen LogP) is 4.34. The van der Waals surface area contributed by atoms with Crippen LogP contribution in [0.2, 0.25) is 5.02 Å². The van der Waals surface area contributed by atoms with Crippen molar-refractivity contribution < 1.29 is 4.79 Å². The Labute approximate surface area is 124 Å². The maximum absolute atomic E-state index is 12.1. The summed E-state index contributed by atoms with van der Waals surface area (Å²) < 4.78 is 0.680. The number of carbonyl (C=O) groups excluding carboxylic acids is 1. The first-order valence-electron chi connectivity index (χ1n) is 5.44. The van der Waals surface area contributed by atoms with Crippen LogP contribution in [-0.4, -0.2) is 5.91 Å². The lowest BCUT2D eigenvalue weighted by molar-refractivity contribution is 0.102. The monoisotopic (exact) mass is 333 g/mol. The van der Waals surface area contributed by atoms with E-state index in [0.29, 0.717) is 26.3 Å². The zero-order valence-corrected chi connectivity index (χ0v) is 12.1. The molecule has 0 fully saturated rings. The van der Waals surface area contributed by atoms with E-state index in [9.17, 15) is 4.79 Å². The topological polar surface area (TPSA) is 29.1 Å². The first-order valence-corrected chi connectivity index (χ1v) is 6.61. The molecule has 2 aromatic carbocycles. The number of hydrogen-bond donors (Lipinski definition) is 1. The van der Waals surface area contributed by atoms with Gasteiger partial charge < -0.3 is 5.32 Å². The fourth-order valence-corrected chi connectivity index (χ4v) is 2.14. The summed E-state index contributed by atoms with van der Waals surface area (Å²) in [5, 5.41) is 3.14. The zero-order valence-electron chi connectivity index (χ0n) is 9.78. The number of rotatable bonds is 2. The molecular weight excluding hydrogens is 326 g/mol. The molecule has 4 heteroatoms. The minimum absolute atomic E-state index is 0.277.